The molecule has 0 bridgehead atoms. The summed E-state index contributed by atoms with van der Waals surface area (Å²) >= 11 is 0. The Bertz CT molecular complexity index is 808. The van der Waals surface area contributed by atoms with Crippen molar-refractivity contribution in [3.05, 3.63) is 78.1 Å². The summed E-state index contributed by atoms with van der Waals surface area (Å²) < 4.78 is 2.13. The van der Waals surface area contributed by atoms with Crippen LogP contribution in [0.25, 0.3) is 17.1 Å². The van der Waals surface area contributed by atoms with E-state index in [0.29, 0.717) is 0 Å². The fourth-order valence-corrected chi connectivity index (χ4v) is 2.61. The summed E-state index contributed by atoms with van der Waals surface area (Å²) in [7, 11) is 0. The Morgan fingerprint density at radius 3 is 2.63 bits per heavy atom. The van der Waals surface area contributed by atoms with Crippen molar-refractivity contribution in [1.29, 1.82) is 0 Å². The van der Waals surface area contributed by atoms with Gasteiger partial charge < -0.3 is 4.57 Å². The summed E-state index contributed by atoms with van der Waals surface area (Å²) in [5, 5.41) is 1.24. The van der Waals surface area contributed by atoms with Gasteiger partial charge in [-0.3, -0.25) is 4.99 Å². The zero-order valence-corrected chi connectivity index (χ0v) is 10.3. The predicted molar refractivity (Wildman–Crippen MR) is 79.3 cm³/mol. The normalized spacial score (nSPS) is 13.4. The first kappa shape index (κ1) is 10.3. The Kier molecular flexibility index (Phi) is 2.15. The van der Waals surface area contributed by atoms with E-state index in [1.807, 2.05) is 30.6 Å². The summed E-state index contributed by atoms with van der Waals surface area (Å²) in [6.45, 7) is 0. The van der Waals surface area contributed by atoms with Crippen LogP contribution >= 0.6 is 0 Å². The van der Waals surface area contributed by atoms with Crippen LogP contribution in [0.4, 0.5) is 0 Å². The van der Waals surface area contributed by atoms with Gasteiger partial charge in [0.2, 0.25) is 0 Å². The zero-order chi connectivity index (χ0) is 12.7. The third-order valence-corrected chi connectivity index (χ3v) is 3.47. The van der Waals surface area contributed by atoms with E-state index >= 15 is 0 Å². The van der Waals surface area contributed by atoms with Crippen LogP contribution in [0.3, 0.4) is 0 Å². The smallest absolute Gasteiger partial charge is 0.0796 e. The third-order valence-electron chi connectivity index (χ3n) is 3.47. The maximum absolute atomic E-state index is 4.62. The summed E-state index contributed by atoms with van der Waals surface area (Å²) in [5.74, 6) is 0. The molecule has 3 aromatic rings. The first-order chi connectivity index (χ1) is 9.43. The van der Waals surface area contributed by atoms with E-state index < -0.39 is 0 Å². The van der Waals surface area contributed by atoms with Crippen LogP contribution in [0.15, 0.2) is 72.0 Å². The van der Waals surface area contributed by atoms with Crippen molar-refractivity contribution in [3.63, 3.8) is 0 Å². The highest BCUT2D eigenvalue weighted by atomic mass is 15.0. The summed E-state index contributed by atoms with van der Waals surface area (Å²) in [6.07, 6.45) is 5.94. The summed E-state index contributed by atoms with van der Waals surface area (Å²) in [4.78, 5) is 4.62. The Hall–Kier alpha value is -2.61. The molecule has 2 nitrogen and oxygen atoms in total. The molecule has 0 atom stereocenters. The second-order valence-electron chi connectivity index (χ2n) is 4.61. The molecule has 0 saturated heterocycles. The second-order valence-corrected chi connectivity index (χ2v) is 4.61. The molecule has 1 aliphatic rings. The molecule has 1 aliphatic heterocycles. The first-order valence-electron chi connectivity index (χ1n) is 6.33. The van der Waals surface area contributed by atoms with E-state index in [9.17, 15) is 0 Å². The van der Waals surface area contributed by atoms with Crippen LogP contribution in [0.2, 0.25) is 0 Å². The molecule has 2 heteroatoms. The molecule has 4 rings (SSSR count). The van der Waals surface area contributed by atoms with Crippen LogP contribution in [0.5, 0.6) is 0 Å². The van der Waals surface area contributed by atoms with Gasteiger partial charge >= 0.3 is 0 Å². The number of nitrogens with zero attached hydrogens (tertiary/aromatic N) is 2. The minimum Gasteiger partial charge on any atom is -0.321 e. The van der Waals surface area contributed by atoms with Crippen molar-refractivity contribution in [2.75, 3.05) is 0 Å². The average molecular weight is 244 g/mol. The molecule has 0 spiro atoms. The maximum Gasteiger partial charge on any atom is 0.0796 e. The Labute approximate surface area is 111 Å². The average Bonchev–Trinajstić information content (AvgIpc) is 2.78. The quantitative estimate of drug-likeness (QED) is 0.617. The van der Waals surface area contributed by atoms with Gasteiger partial charge in [0.25, 0.3) is 0 Å². The fourth-order valence-electron chi connectivity index (χ4n) is 2.61. The van der Waals surface area contributed by atoms with Crippen molar-refractivity contribution in [3.8, 4) is 0 Å². The van der Waals surface area contributed by atoms with E-state index in [1.165, 1.54) is 16.5 Å². The van der Waals surface area contributed by atoms with E-state index in [2.05, 4.69) is 52.2 Å². The lowest BCUT2D eigenvalue weighted by Crippen LogP contribution is -2.03. The number of aromatic nitrogens is 1. The molecular weight excluding hydrogens is 232 g/mol. The highest BCUT2D eigenvalue weighted by molar-refractivity contribution is 6.19. The predicted octanol–water partition coefficient (Wildman–Crippen LogP) is 3.92. The molecule has 0 saturated carbocycles. The van der Waals surface area contributed by atoms with Crippen molar-refractivity contribution >= 4 is 22.8 Å². The molecule has 2 aromatic carbocycles. The highest BCUT2D eigenvalue weighted by Crippen LogP contribution is 2.25. The van der Waals surface area contributed by atoms with Gasteiger partial charge in [-0.05, 0) is 6.07 Å². The van der Waals surface area contributed by atoms with Crippen LogP contribution in [-0.2, 0) is 0 Å². The van der Waals surface area contributed by atoms with E-state index in [0.717, 1.165) is 11.3 Å². The molecular formula is C17H12N2. The Balaban J connectivity index is 2.06. The highest BCUT2D eigenvalue weighted by Gasteiger charge is 2.14. The van der Waals surface area contributed by atoms with Crippen molar-refractivity contribution in [2.45, 2.75) is 0 Å². The van der Waals surface area contributed by atoms with E-state index in [4.69, 9.17) is 0 Å². The van der Waals surface area contributed by atoms with Crippen LogP contribution in [0.1, 0.15) is 11.1 Å². The van der Waals surface area contributed by atoms with Gasteiger partial charge in [-0.2, -0.15) is 0 Å². The summed E-state index contributed by atoms with van der Waals surface area (Å²) in [5.41, 5.74) is 4.58. The molecule has 2 heterocycles. The van der Waals surface area contributed by atoms with Crippen molar-refractivity contribution < 1.29 is 0 Å². The van der Waals surface area contributed by atoms with Crippen LogP contribution in [-0.4, -0.2) is 10.3 Å². The molecule has 0 radical (unpaired) electrons. The SMILES string of the molecule is C1=Cn2ccc3cccc(c32)C(c2ccccc2)=N1. The van der Waals surface area contributed by atoms with Crippen molar-refractivity contribution in [2.24, 2.45) is 4.99 Å². The van der Waals surface area contributed by atoms with E-state index in [1.54, 1.807) is 0 Å². The number of aliphatic imine (C=N–C) groups is 1. The molecule has 19 heavy (non-hydrogen) atoms. The molecule has 0 N–H and O–H groups in total. The molecule has 0 amide bonds. The van der Waals surface area contributed by atoms with Crippen LogP contribution in [0, 0.1) is 0 Å². The minimum absolute atomic E-state index is 1.03. The second kappa shape index (κ2) is 3.95. The lowest BCUT2D eigenvalue weighted by atomic mass is 10.0. The molecule has 90 valence electrons. The summed E-state index contributed by atoms with van der Waals surface area (Å²) in [6, 6.07) is 18.8. The standard InChI is InChI=1S/C17H12N2/c1-2-5-13(6-3-1)16-15-8-4-7-14-9-11-19(17(14)15)12-10-18-16/h1-12H. The Morgan fingerprint density at radius 2 is 1.74 bits per heavy atom. The van der Waals surface area contributed by atoms with Gasteiger partial charge in [-0.15, -0.1) is 0 Å². The minimum atomic E-state index is 1.03. The van der Waals surface area contributed by atoms with Crippen LogP contribution < -0.4 is 0 Å². The van der Waals surface area contributed by atoms with Gasteiger partial charge in [0, 0.05) is 35.1 Å². The first-order valence-corrected chi connectivity index (χ1v) is 6.33. The largest absolute Gasteiger partial charge is 0.321 e. The monoisotopic (exact) mass is 244 g/mol. The van der Waals surface area contributed by atoms with Gasteiger partial charge in [0.05, 0.1) is 11.2 Å². The number of hydrogen-bond acceptors (Lipinski definition) is 1. The van der Waals surface area contributed by atoms with Gasteiger partial charge in [-0.1, -0.05) is 48.5 Å². The fraction of sp³-hybridized carbons (Fsp3) is 0. The third kappa shape index (κ3) is 1.54. The van der Waals surface area contributed by atoms with Gasteiger partial charge in [0.1, 0.15) is 0 Å². The zero-order valence-electron chi connectivity index (χ0n) is 10.3. The van der Waals surface area contributed by atoms with Crippen molar-refractivity contribution in [1.82, 2.24) is 4.57 Å². The number of rotatable bonds is 1. The van der Waals surface area contributed by atoms with Gasteiger partial charge in [0.15, 0.2) is 0 Å². The lowest BCUT2D eigenvalue weighted by Gasteiger charge is -2.08. The van der Waals surface area contributed by atoms with Gasteiger partial charge in [-0.25, -0.2) is 0 Å². The lowest BCUT2D eigenvalue weighted by molar-refractivity contribution is 1.22. The topological polar surface area (TPSA) is 17.3 Å². The molecule has 0 fully saturated rings. The van der Waals surface area contributed by atoms with E-state index in [-0.39, 0.29) is 0 Å². The number of benzene rings is 2. The molecule has 0 unspecified atom stereocenters. The number of para-hydroxylation sites is 1. The molecule has 1 aromatic heterocycles. The molecule has 0 aliphatic carbocycles. The Morgan fingerprint density at radius 1 is 0.842 bits per heavy atom. The number of hydrogen-bond donors (Lipinski definition) is 0. The maximum atomic E-state index is 4.62.